The molecule has 1 fully saturated rings. The third kappa shape index (κ3) is 2.61. The summed E-state index contributed by atoms with van der Waals surface area (Å²) >= 11 is 1.47. The van der Waals surface area contributed by atoms with E-state index in [0.717, 1.165) is 36.1 Å². The molecule has 1 heterocycles. The van der Waals surface area contributed by atoms with Crippen LogP contribution < -0.4 is 5.73 Å². The number of nitrogens with zero attached hydrogens (tertiary/aromatic N) is 1. The topological polar surface area (TPSA) is 76.1 Å². The van der Waals surface area contributed by atoms with Crippen LogP contribution in [0, 0.1) is 22.7 Å². The van der Waals surface area contributed by atoms with Gasteiger partial charge in [-0.05, 0) is 37.7 Å². The van der Waals surface area contributed by atoms with Gasteiger partial charge in [-0.2, -0.15) is 5.26 Å². The van der Waals surface area contributed by atoms with E-state index in [1.54, 1.807) is 6.92 Å². The van der Waals surface area contributed by atoms with Gasteiger partial charge in [-0.3, -0.25) is 0 Å². The van der Waals surface area contributed by atoms with Crippen molar-refractivity contribution in [1.82, 2.24) is 0 Å². The molecule has 4 nitrogen and oxygen atoms in total. The van der Waals surface area contributed by atoms with Crippen molar-refractivity contribution in [3.63, 3.8) is 0 Å². The average molecular weight is 318 g/mol. The molecule has 2 N–H and O–H groups in total. The number of nitrogen functional groups attached to an aromatic ring is 1. The first-order valence-electron chi connectivity index (χ1n) is 8.07. The highest BCUT2D eigenvalue weighted by Crippen LogP contribution is 2.48. The summed E-state index contributed by atoms with van der Waals surface area (Å²) in [5, 5.41) is 10.3. The molecule has 0 aromatic carbocycles. The number of hydrogen-bond donors (Lipinski definition) is 1. The highest BCUT2D eigenvalue weighted by Gasteiger charge is 2.40. The van der Waals surface area contributed by atoms with E-state index in [1.165, 1.54) is 30.6 Å². The zero-order chi connectivity index (χ0) is 15.7. The number of nitrogens with two attached hydrogens (primary N) is 1. The highest BCUT2D eigenvalue weighted by molar-refractivity contribution is 7.16. The number of esters is 1. The maximum atomic E-state index is 12.1. The molecular formula is C17H22N2O2S. The second kappa shape index (κ2) is 5.92. The number of carbonyl (C=O) groups is 1. The molecule has 22 heavy (non-hydrogen) atoms. The van der Waals surface area contributed by atoms with Crippen LogP contribution in [0.5, 0.6) is 0 Å². The SMILES string of the molecule is CCOC(=O)c1c(N)sc2c1CCC(C#N)(CC1CCC1)C2. The van der Waals surface area contributed by atoms with Gasteiger partial charge in [0.2, 0.25) is 0 Å². The van der Waals surface area contributed by atoms with E-state index in [1.807, 2.05) is 0 Å². The van der Waals surface area contributed by atoms with Gasteiger partial charge in [0.15, 0.2) is 0 Å². The molecule has 0 saturated heterocycles. The lowest BCUT2D eigenvalue weighted by Crippen LogP contribution is -2.31. The largest absolute Gasteiger partial charge is 0.462 e. The Labute approximate surface area is 135 Å². The van der Waals surface area contributed by atoms with Crippen LogP contribution in [0.25, 0.3) is 0 Å². The fraction of sp³-hybridized carbons (Fsp3) is 0.647. The van der Waals surface area contributed by atoms with Gasteiger partial charge in [-0.15, -0.1) is 11.3 Å². The Bertz CT molecular complexity index is 627. The molecule has 118 valence electrons. The van der Waals surface area contributed by atoms with Gasteiger partial charge in [-0.1, -0.05) is 19.3 Å². The summed E-state index contributed by atoms with van der Waals surface area (Å²) in [6.45, 7) is 2.15. The third-order valence-corrected chi connectivity index (χ3v) is 6.15. The number of hydrogen-bond acceptors (Lipinski definition) is 5. The van der Waals surface area contributed by atoms with E-state index in [9.17, 15) is 10.1 Å². The van der Waals surface area contributed by atoms with E-state index in [-0.39, 0.29) is 11.4 Å². The first-order valence-corrected chi connectivity index (χ1v) is 8.88. The van der Waals surface area contributed by atoms with Gasteiger partial charge < -0.3 is 10.5 Å². The maximum absolute atomic E-state index is 12.1. The Morgan fingerprint density at radius 3 is 2.91 bits per heavy atom. The fourth-order valence-corrected chi connectivity index (χ4v) is 4.94. The Morgan fingerprint density at radius 2 is 2.32 bits per heavy atom. The molecule has 0 radical (unpaired) electrons. The van der Waals surface area contributed by atoms with Gasteiger partial charge in [0.25, 0.3) is 0 Å². The van der Waals surface area contributed by atoms with E-state index < -0.39 is 0 Å². The molecule has 1 unspecified atom stereocenters. The van der Waals surface area contributed by atoms with Crippen molar-refractivity contribution >= 4 is 22.3 Å². The lowest BCUT2D eigenvalue weighted by atomic mass is 9.66. The zero-order valence-electron chi connectivity index (χ0n) is 13.0. The molecule has 5 heteroatoms. The van der Waals surface area contributed by atoms with Crippen LogP contribution in [0.15, 0.2) is 0 Å². The molecule has 1 aromatic rings. The van der Waals surface area contributed by atoms with Gasteiger partial charge in [0, 0.05) is 11.3 Å². The number of ether oxygens (including phenoxy) is 1. The molecule has 1 atom stereocenters. The zero-order valence-corrected chi connectivity index (χ0v) is 13.8. The molecule has 0 aliphatic heterocycles. The predicted molar refractivity (Wildman–Crippen MR) is 86.7 cm³/mol. The Balaban J connectivity index is 1.85. The Kier molecular flexibility index (Phi) is 4.14. The molecular weight excluding hydrogens is 296 g/mol. The van der Waals surface area contributed by atoms with Gasteiger partial charge >= 0.3 is 5.97 Å². The molecule has 2 aliphatic rings. The number of fused-ring (bicyclic) bond motifs is 1. The smallest absolute Gasteiger partial charge is 0.341 e. The van der Waals surface area contributed by atoms with E-state index in [0.29, 0.717) is 23.1 Å². The molecule has 1 aromatic heterocycles. The summed E-state index contributed by atoms with van der Waals surface area (Å²) in [6.07, 6.45) is 7.15. The van der Waals surface area contributed by atoms with Crippen LogP contribution in [-0.2, 0) is 17.6 Å². The Morgan fingerprint density at radius 1 is 1.55 bits per heavy atom. The summed E-state index contributed by atoms with van der Waals surface area (Å²) in [6, 6.07) is 2.59. The number of anilines is 1. The normalized spacial score (nSPS) is 24.2. The summed E-state index contributed by atoms with van der Waals surface area (Å²) in [4.78, 5) is 13.2. The number of thiophene rings is 1. The molecule has 2 aliphatic carbocycles. The third-order valence-electron chi connectivity index (χ3n) is 5.09. The number of rotatable bonds is 4. The van der Waals surface area contributed by atoms with Crippen molar-refractivity contribution in [3.8, 4) is 6.07 Å². The van der Waals surface area contributed by atoms with Crippen molar-refractivity contribution in [1.29, 1.82) is 5.26 Å². The van der Waals surface area contributed by atoms with Gasteiger partial charge in [0.05, 0.1) is 23.7 Å². The highest BCUT2D eigenvalue weighted by atomic mass is 32.1. The van der Waals surface area contributed by atoms with E-state index in [2.05, 4.69) is 6.07 Å². The molecule has 0 bridgehead atoms. The minimum Gasteiger partial charge on any atom is -0.462 e. The van der Waals surface area contributed by atoms with E-state index in [4.69, 9.17) is 10.5 Å². The first kappa shape index (κ1) is 15.4. The van der Waals surface area contributed by atoms with E-state index >= 15 is 0 Å². The minimum atomic E-state index is -0.319. The Hall–Kier alpha value is -1.54. The number of carbonyl (C=O) groups excluding carboxylic acids is 1. The first-order chi connectivity index (χ1) is 10.6. The standard InChI is InChI=1S/C17H22N2O2S/c1-2-21-16(20)14-12-6-7-17(10-18,8-11-4-3-5-11)9-13(12)22-15(14)19/h11H,2-9,19H2,1H3. The van der Waals surface area contributed by atoms with Crippen molar-refractivity contribution in [3.05, 3.63) is 16.0 Å². The average Bonchev–Trinajstić information content (AvgIpc) is 2.78. The van der Waals surface area contributed by atoms with Crippen molar-refractivity contribution in [2.75, 3.05) is 12.3 Å². The van der Waals surface area contributed by atoms with Crippen LogP contribution in [0.1, 0.15) is 59.8 Å². The molecule has 1 saturated carbocycles. The quantitative estimate of drug-likeness (QED) is 0.859. The fourth-order valence-electron chi connectivity index (χ4n) is 3.69. The van der Waals surface area contributed by atoms with Gasteiger partial charge in [0.1, 0.15) is 5.00 Å². The van der Waals surface area contributed by atoms with Crippen molar-refractivity contribution in [2.45, 2.75) is 51.9 Å². The minimum absolute atomic E-state index is 0.263. The van der Waals surface area contributed by atoms with Crippen LogP contribution in [0.2, 0.25) is 0 Å². The number of nitriles is 1. The van der Waals surface area contributed by atoms with Crippen LogP contribution in [0.4, 0.5) is 5.00 Å². The monoisotopic (exact) mass is 318 g/mol. The summed E-state index contributed by atoms with van der Waals surface area (Å²) < 4.78 is 5.13. The summed E-state index contributed by atoms with van der Waals surface area (Å²) in [5.41, 5.74) is 7.37. The molecule has 0 spiro atoms. The summed E-state index contributed by atoms with van der Waals surface area (Å²) in [5.74, 6) is 0.393. The van der Waals surface area contributed by atoms with Crippen molar-refractivity contribution in [2.24, 2.45) is 11.3 Å². The summed E-state index contributed by atoms with van der Waals surface area (Å²) in [7, 11) is 0. The van der Waals surface area contributed by atoms with Crippen LogP contribution in [0.3, 0.4) is 0 Å². The molecule has 3 rings (SSSR count). The lowest BCUT2D eigenvalue weighted by molar-refractivity contribution is 0.0526. The van der Waals surface area contributed by atoms with Crippen LogP contribution in [-0.4, -0.2) is 12.6 Å². The second-order valence-electron chi connectivity index (χ2n) is 6.53. The van der Waals surface area contributed by atoms with Gasteiger partial charge in [-0.25, -0.2) is 4.79 Å². The van der Waals surface area contributed by atoms with Crippen molar-refractivity contribution < 1.29 is 9.53 Å². The molecule has 0 amide bonds. The lowest BCUT2D eigenvalue weighted by Gasteiger charge is -2.37. The van der Waals surface area contributed by atoms with Crippen LogP contribution >= 0.6 is 11.3 Å². The maximum Gasteiger partial charge on any atom is 0.341 e. The second-order valence-corrected chi connectivity index (χ2v) is 7.67. The predicted octanol–water partition coefficient (Wildman–Crippen LogP) is 3.70.